The van der Waals surface area contributed by atoms with Gasteiger partial charge in [0.2, 0.25) is 0 Å². The molecule has 1 aromatic heterocycles. The Balaban J connectivity index is 1.55. The van der Waals surface area contributed by atoms with Gasteiger partial charge in [-0.2, -0.15) is 0 Å². The number of aryl methyl sites for hydroxylation is 1. The molecule has 24 heavy (non-hydrogen) atoms. The summed E-state index contributed by atoms with van der Waals surface area (Å²) in [5, 5.41) is 3.44. The zero-order valence-electron chi connectivity index (χ0n) is 14.1. The Morgan fingerprint density at radius 2 is 2.00 bits per heavy atom. The minimum Gasteiger partial charge on any atom is -0.331 e. The SMILES string of the molecule is CC(=Cc1ccccc1)CNCCc1nc2ccc(F)cc2n1C. The number of hydrogen-bond acceptors (Lipinski definition) is 2. The average molecular weight is 323 g/mol. The molecule has 4 heteroatoms. The highest BCUT2D eigenvalue weighted by molar-refractivity contribution is 5.75. The molecule has 0 radical (unpaired) electrons. The van der Waals surface area contributed by atoms with Crippen LogP contribution in [0.15, 0.2) is 54.1 Å². The summed E-state index contributed by atoms with van der Waals surface area (Å²) in [6, 6.07) is 15.0. The van der Waals surface area contributed by atoms with Crippen molar-refractivity contribution in [2.24, 2.45) is 7.05 Å². The first-order valence-corrected chi connectivity index (χ1v) is 8.17. The number of rotatable bonds is 6. The molecule has 0 amide bonds. The molecule has 0 saturated heterocycles. The Morgan fingerprint density at radius 3 is 2.79 bits per heavy atom. The highest BCUT2D eigenvalue weighted by atomic mass is 19.1. The molecule has 124 valence electrons. The Labute approximate surface area is 141 Å². The molecule has 0 atom stereocenters. The molecule has 0 unspecified atom stereocenters. The van der Waals surface area contributed by atoms with Crippen LogP contribution in [0.25, 0.3) is 17.1 Å². The van der Waals surface area contributed by atoms with E-state index >= 15 is 0 Å². The molecule has 3 aromatic rings. The molecule has 1 N–H and O–H groups in total. The zero-order chi connectivity index (χ0) is 16.9. The van der Waals surface area contributed by atoms with Crippen molar-refractivity contribution in [3.05, 3.63) is 71.3 Å². The van der Waals surface area contributed by atoms with E-state index in [1.54, 1.807) is 6.07 Å². The van der Waals surface area contributed by atoms with Crippen LogP contribution >= 0.6 is 0 Å². The fraction of sp³-hybridized carbons (Fsp3) is 0.250. The van der Waals surface area contributed by atoms with Crippen LogP contribution in [0.4, 0.5) is 4.39 Å². The number of nitrogens with one attached hydrogen (secondary N) is 1. The zero-order valence-corrected chi connectivity index (χ0v) is 14.1. The number of imidazole rings is 1. The van der Waals surface area contributed by atoms with E-state index in [0.717, 1.165) is 36.4 Å². The van der Waals surface area contributed by atoms with Gasteiger partial charge in [0.15, 0.2) is 0 Å². The maximum atomic E-state index is 13.3. The lowest BCUT2D eigenvalue weighted by molar-refractivity contribution is 0.628. The summed E-state index contributed by atoms with van der Waals surface area (Å²) in [7, 11) is 1.94. The van der Waals surface area contributed by atoms with E-state index in [2.05, 4.69) is 35.4 Å². The van der Waals surface area contributed by atoms with E-state index in [1.807, 2.05) is 29.8 Å². The van der Waals surface area contributed by atoms with Gasteiger partial charge in [-0.1, -0.05) is 42.0 Å². The van der Waals surface area contributed by atoms with Gasteiger partial charge in [0.25, 0.3) is 0 Å². The van der Waals surface area contributed by atoms with Gasteiger partial charge in [0, 0.05) is 26.6 Å². The minimum absolute atomic E-state index is 0.225. The smallest absolute Gasteiger partial charge is 0.125 e. The van der Waals surface area contributed by atoms with Gasteiger partial charge in [-0.3, -0.25) is 0 Å². The standard InChI is InChI=1S/C20H22FN3/c1-15(12-16-6-4-3-5-7-16)14-22-11-10-20-23-18-9-8-17(21)13-19(18)24(20)2/h3-9,12-13,22H,10-11,14H2,1-2H3. The van der Waals surface area contributed by atoms with Crippen molar-refractivity contribution < 1.29 is 4.39 Å². The number of aromatic nitrogens is 2. The van der Waals surface area contributed by atoms with Crippen molar-refractivity contribution in [1.29, 1.82) is 0 Å². The molecular formula is C20H22FN3. The predicted octanol–water partition coefficient (Wildman–Crippen LogP) is 3.95. The first-order chi connectivity index (χ1) is 11.6. The number of benzene rings is 2. The first-order valence-electron chi connectivity index (χ1n) is 8.17. The Bertz CT molecular complexity index is 850. The van der Waals surface area contributed by atoms with Crippen molar-refractivity contribution in [2.45, 2.75) is 13.3 Å². The van der Waals surface area contributed by atoms with Gasteiger partial charge in [0.05, 0.1) is 11.0 Å². The van der Waals surface area contributed by atoms with Gasteiger partial charge >= 0.3 is 0 Å². The summed E-state index contributed by atoms with van der Waals surface area (Å²) < 4.78 is 15.3. The third-order valence-electron chi connectivity index (χ3n) is 4.08. The summed E-state index contributed by atoms with van der Waals surface area (Å²) in [5.74, 6) is 0.740. The molecule has 0 fully saturated rings. The molecule has 0 aliphatic rings. The third-order valence-corrected chi connectivity index (χ3v) is 4.08. The van der Waals surface area contributed by atoms with Crippen LogP contribution in [0.3, 0.4) is 0 Å². The average Bonchev–Trinajstić information content (AvgIpc) is 2.88. The van der Waals surface area contributed by atoms with E-state index in [1.165, 1.54) is 23.3 Å². The lowest BCUT2D eigenvalue weighted by Gasteiger charge is -2.06. The molecule has 0 spiro atoms. The maximum Gasteiger partial charge on any atom is 0.125 e. The Hall–Kier alpha value is -2.46. The highest BCUT2D eigenvalue weighted by Crippen LogP contribution is 2.16. The van der Waals surface area contributed by atoms with E-state index in [4.69, 9.17) is 0 Å². The van der Waals surface area contributed by atoms with Crippen LogP contribution in [-0.4, -0.2) is 22.6 Å². The van der Waals surface area contributed by atoms with Crippen molar-refractivity contribution >= 4 is 17.1 Å². The van der Waals surface area contributed by atoms with Crippen LogP contribution in [0.5, 0.6) is 0 Å². The number of fused-ring (bicyclic) bond motifs is 1. The monoisotopic (exact) mass is 323 g/mol. The van der Waals surface area contributed by atoms with Crippen LogP contribution in [0, 0.1) is 5.82 Å². The van der Waals surface area contributed by atoms with Crippen LogP contribution in [0.2, 0.25) is 0 Å². The van der Waals surface area contributed by atoms with Gasteiger partial charge in [-0.15, -0.1) is 0 Å². The van der Waals surface area contributed by atoms with Crippen LogP contribution < -0.4 is 5.32 Å². The Kier molecular flexibility index (Phi) is 5.06. The fourth-order valence-corrected chi connectivity index (χ4v) is 2.81. The molecule has 3 nitrogen and oxygen atoms in total. The molecule has 0 bridgehead atoms. The lowest BCUT2D eigenvalue weighted by Crippen LogP contribution is -2.20. The number of hydrogen-bond donors (Lipinski definition) is 1. The predicted molar refractivity (Wildman–Crippen MR) is 97.3 cm³/mol. The molecule has 0 aliphatic heterocycles. The van der Waals surface area contributed by atoms with Crippen molar-refractivity contribution in [3.8, 4) is 0 Å². The van der Waals surface area contributed by atoms with E-state index in [9.17, 15) is 4.39 Å². The molecule has 3 rings (SSSR count). The third kappa shape index (κ3) is 3.89. The second-order valence-corrected chi connectivity index (χ2v) is 6.05. The molecular weight excluding hydrogens is 301 g/mol. The highest BCUT2D eigenvalue weighted by Gasteiger charge is 2.08. The van der Waals surface area contributed by atoms with Gasteiger partial charge in [0.1, 0.15) is 11.6 Å². The van der Waals surface area contributed by atoms with Crippen molar-refractivity contribution in [2.75, 3.05) is 13.1 Å². The van der Waals surface area contributed by atoms with Gasteiger partial charge in [-0.05, 0) is 30.7 Å². The maximum absolute atomic E-state index is 13.3. The van der Waals surface area contributed by atoms with Crippen molar-refractivity contribution in [3.63, 3.8) is 0 Å². The van der Waals surface area contributed by atoms with Gasteiger partial charge in [-0.25, -0.2) is 9.37 Å². The first kappa shape index (κ1) is 16.4. The summed E-state index contributed by atoms with van der Waals surface area (Å²) in [6.45, 7) is 3.80. The summed E-state index contributed by atoms with van der Waals surface area (Å²) in [4.78, 5) is 4.58. The lowest BCUT2D eigenvalue weighted by atomic mass is 10.1. The van der Waals surface area contributed by atoms with Gasteiger partial charge < -0.3 is 9.88 Å². The van der Waals surface area contributed by atoms with Crippen LogP contribution in [0.1, 0.15) is 18.3 Å². The number of halogens is 1. The van der Waals surface area contributed by atoms with Crippen molar-refractivity contribution in [1.82, 2.24) is 14.9 Å². The molecule has 1 heterocycles. The minimum atomic E-state index is -0.225. The summed E-state index contributed by atoms with van der Waals surface area (Å²) >= 11 is 0. The summed E-state index contributed by atoms with van der Waals surface area (Å²) in [5.41, 5.74) is 4.18. The largest absolute Gasteiger partial charge is 0.331 e. The second-order valence-electron chi connectivity index (χ2n) is 6.05. The van der Waals surface area contributed by atoms with E-state index < -0.39 is 0 Å². The molecule has 0 saturated carbocycles. The molecule has 0 aliphatic carbocycles. The quantitative estimate of drug-likeness (QED) is 0.696. The normalized spacial score (nSPS) is 12.0. The number of nitrogens with zero attached hydrogens (tertiary/aromatic N) is 2. The van der Waals surface area contributed by atoms with E-state index in [0.29, 0.717) is 0 Å². The second kappa shape index (κ2) is 7.41. The Morgan fingerprint density at radius 1 is 1.21 bits per heavy atom. The fourth-order valence-electron chi connectivity index (χ4n) is 2.81. The van der Waals surface area contributed by atoms with Crippen LogP contribution in [-0.2, 0) is 13.5 Å². The molecule has 2 aromatic carbocycles. The summed E-state index contributed by atoms with van der Waals surface area (Å²) in [6.07, 6.45) is 3.00. The van der Waals surface area contributed by atoms with E-state index in [-0.39, 0.29) is 5.82 Å². The topological polar surface area (TPSA) is 29.9 Å².